The number of hydrogen-bond donors (Lipinski definition) is 1. The molecule has 38 heavy (non-hydrogen) atoms. The van der Waals surface area contributed by atoms with Crippen molar-refractivity contribution < 1.29 is 14.6 Å². The molecule has 5 rings (SSSR count). The molecule has 196 valence electrons. The number of aromatic nitrogens is 2. The Kier molecular flexibility index (Phi) is 6.99. The first-order chi connectivity index (χ1) is 18.2. The van der Waals surface area contributed by atoms with E-state index in [2.05, 4.69) is 18.4 Å². The molecule has 0 saturated heterocycles. The maximum absolute atomic E-state index is 14.2. The number of halogens is 2. The van der Waals surface area contributed by atoms with Gasteiger partial charge in [-0.3, -0.25) is 9.69 Å². The van der Waals surface area contributed by atoms with Gasteiger partial charge in [-0.05, 0) is 86.3 Å². The summed E-state index contributed by atoms with van der Waals surface area (Å²) < 4.78 is 7.79. The zero-order chi connectivity index (χ0) is 27.3. The molecule has 8 heteroatoms. The lowest BCUT2D eigenvalue weighted by Gasteiger charge is -2.30. The molecule has 1 amide bonds. The van der Waals surface area contributed by atoms with Gasteiger partial charge in [-0.15, -0.1) is 0 Å². The minimum Gasteiger partial charge on any atom is -0.496 e. The van der Waals surface area contributed by atoms with Crippen LogP contribution in [-0.2, 0) is 6.61 Å². The van der Waals surface area contributed by atoms with Crippen LogP contribution in [0.15, 0.2) is 54.6 Å². The van der Waals surface area contributed by atoms with Crippen LogP contribution in [0.5, 0.6) is 5.75 Å². The Morgan fingerprint density at radius 3 is 2.37 bits per heavy atom. The zero-order valence-corrected chi connectivity index (χ0v) is 23.4. The van der Waals surface area contributed by atoms with Gasteiger partial charge in [0.1, 0.15) is 17.6 Å². The Hall–Kier alpha value is -3.32. The van der Waals surface area contributed by atoms with Crippen molar-refractivity contribution >= 4 is 34.8 Å². The fourth-order valence-electron chi connectivity index (χ4n) is 5.27. The Labute approximate surface area is 232 Å². The molecule has 1 aromatic heterocycles. The number of aliphatic hydroxyl groups excluding tert-OH is 1. The van der Waals surface area contributed by atoms with Gasteiger partial charge in [0.05, 0.1) is 25.0 Å². The van der Waals surface area contributed by atoms with Crippen LogP contribution in [0.3, 0.4) is 0 Å². The second-order valence-electron chi connectivity index (χ2n) is 9.84. The van der Waals surface area contributed by atoms with E-state index in [9.17, 15) is 9.90 Å². The van der Waals surface area contributed by atoms with Crippen LogP contribution in [0.1, 0.15) is 64.4 Å². The van der Waals surface area contributed by atoms with E-state index in [4.69, 9.17) is 32.9 Å². The molecule has 0 saturated carbocycles. The van der Waals surface area contributed by atoms with Gasteiger partial charge in [0.2, 0.25) is 0 Å². The van der Waals surface area contributed by atoms with E-state index in [-0.39, 0.29) is 18.6 Å². The van der Waals surface area contributed by atoms with Gasteiger partial charge in [0.15, 0.2) is 5.69 Å². The second kappa shape index (κ2) is 10.1. The molecule has 1 atom stereocenters. The number of hydrogen-bond acceptors (Lipinski definition) is 4. The maximum atomic E-state index is 14.2. The first-order valence-corrected chi connectivity index (χ1v) is 13.2. The molecule has 6 nitrogen and oxygen atoms in total. The summed E-state index contributed by atoms with van der Waals surface area (Å²) in [6, 6.07) is 16.4. The van der Waals surface area contributed by atoms with E-state index in [1.807, 2.05) is 62.4 Å². The normalized spacial score (nSPS) is 14.9. The smallest absolute Gasteiger partial charge is 0.279 e. The lowest BCUT2D eigenvalue weighted by atomic mass is 9.97. The largest absolute Gasteiger partial charge is 0.496 e. The summed E-state index contributed by atoms with van der Waals surface area (Å²) in [5, 5.41) is 10.8. The van der Waals surface area contributed by atoms with Gasteiger partial charge >= 0.3 is 0 Å². The van der Waals surface area contributed by atoms with Crippen molar-refractivity contribution in [1.29, 1.82) is 0 Å². The van der Waals surface area contributed by atoms with Crippen LogP contribution in [0.25, 0.3) is 11.4 Å². The molecule has 0 bridgehead atoms. The predicted octanol–water partition coefficient (Wildman–Crippen LogP) is 7.31. The van der Waals surface area contributed by atoms with Crippen LogP contribution in [-0.4, -0.2) is 27.7 Å². The standard InChI is InChI=1S/C30H29Cl2N3O3/c1-16(2)34-28-26(33-29(34)23-10-7-19(15-36)13-25(23)38-5)30(37)35(24-14-21(32)8-6-17(24)3)27(28)22-11-9-20(31)12-18(22)4/h6-14,16,27,36H,15H2,1-5H3. The van der Waals surface area contributed by atoms with Crippen molar-refractivity contribution in [1.82, 2.24) is 9.55 Å². The molecular weight excluding hydrogens is 521 g/mol. The first kappa shape index (κ1) is 26.3. The first-order valence-electron chi connectivity index (χ1n) is 12.4. The molecule has 2 heterocycles. The molecule has 1 aliphatic heterocycles. The number of carbonyl (C=O) groups excluding carboxylic acids is 1. The van der Waals surface area contributed by atoms with Gasteiger partial charge in [-0.25, -0.2) is 4.98 Å². The van der Waals surface area contributed by atoms with E-state index in [1.165, 1.54) is 0 Å². The van der Waals surface area contributed by atoms with E-state index >= 15 is 0 Å². The number of amides is 1. The molecule has 0 fully saturated rings. The highest BCUT2D eigenvalue weighted by Crippen LogP contribution is 2.47. The fourth-order valence-corrected chi connectivity index (χ4v) is 5.66. The summed E-state index contributed by atoms with van der Waals surface area (Å²) in [7, 11) is 1.59. The van der Waals surface area contributed by atoms with Crippen LogP contribution < -0.4 is 9.64 Å². The number of nitrogens with zero attached hydrogens (tertiary/aromatic N) is 3. The summed E-state index contributed by atoms with van der Waals surface area (Å²) in [4.78, 5) is 21.0. The Balaban J connectivity index is 1.81. The van der Waals surface area contributed by atoms with E-state index in [0.29, 0.717) is 27.3 Å². The second-order valence-corrected chi connectivity index (χ2v) is 10.7. The monoisotopic (exact) mass is 549 g/mol. The molecule has 1 N–H and O–H groups in total. The average Bonchev–Trinajstić information content (AvgIpc) is 3.40. The quantitative estimate of drug-likeness (QED) is 0.274. The summed E-state index contributed by atoms with van der Waals surface area (Å²) in [6.45, 7) is 8.01. The zero-order valence-electron chi connectivity index (χ0n) is 21.9. The number of methoxy groups -OCH3 is 1. The SMILES string of the molecule is COc1cc(CO)ccc1-c1nc2c(n1C(C)C)C(c1ccc(Cl)cc1C)N(c1cc(Cl)ccc1C)C2=O. The summed E-state index contributed by atoms with van der Waals surface area (Å²) in [5.41, 5.74) is 6.27. The van der Waals surface area contributed by atoms with Gasteiger partial charge in [0.25, 0.3) is 5.91 Å². The molecule has 0 radical (unpaired) electrons. The average molecular weight is 550 g/mol. The van der Waals surface area contributed by atoms with Crippen LogP contribution in [0.4, 0.5) is 5.69 Å². The molecule has 0 aliphatic carbocycles. The molecule has 1 unspecified atom stereocenters. The number of ether oxygens (including phenoxy) is 1. The summed E-state index contributed by atoms with van der Waals surface area (Å²) in [6.07, 6.45) is 0. The number of aliphatic hydroxyl groups is 1. The lowest BCUT2D eigenvalue weighted by Crippen LogP contribution is -2.31. The highest BCUT2D eigenvalue weighted by atomic mass is 35.5. The molecule has 3 aromatic carbocycles. The number of carbonyl (C=O) groups is 1. The van der Waals surface area contributed by atoms with Crippen molar-refractivity contribution in [2.24, 2.45) is 0 Å². The number of aryl methyl sites for hydroxylation is 2. The number of rotatable bonds is 6. The highest BCUT2D eigenvalue weighted by Gasteiger charge is 2.45. The van der Waals surface area contributed by atoms with E-state index < -0.39 is 6.04 Å². The van der Waals surface area contributed by atoms with Crippen LogP contribution in [0.2, 0.25) is 10.0 Å². The number of anilines is 1. The highest BCUT2D eigenvalue weighted by molar-refractivity contribution is 6.31. The third-order valence-corrected chi connectivity index (χ3v) is 7.52. The minimum atomic E-state index is -0.446. The van der Waals surface area contributed by atoms with Gasteiger partial charge in [0, 0.05) is 21.8 Å². The van der Waals surface area contributed by atoms with Gasteiger partial charge < -0.3 is 14.4 Å². The van der Waals surface area contributed by atoms with Crippen LogP contribution in [0, 0.1) is 13.8 Å². The van der Waals surface area contributed by atoms with Crippen molar-refractivity contribution in [3.05, 3.63) is 98.3 Å². The minimum absolute atomic E-state index is 0.0215. The third kappa shape index (κ3) is 4.27. The van der Waals surface area contributed by atoms with Crippen molar-refractivity contribution in [2.75, 3.05) is 12.0 Å². The Bertz CT molecular complexity index is 1560. The van der Waals surface area contributed by atoms with Crippen molar-refractivity contribution in [3.63, 3.8) is 0 Å². The molecule has 4 aromatic rings. The lowest BCUT2D eigenvalue weighted by molar-refractivity contribution is 0.0989. The number of imidazole rings is 1. The summed E-state index contributed by atoms with van der Waals surface area (Å²) in [5.74, 6) is 1.02. The van der Waals surface area contributed by atoms with Crippen LogP contribution >= 0.6 is 23.2 Å². The maximum Gasteiger partial charge on any atom is 0.279 e. The van der Waals surface area contributed by atoms with Gasteiger partial charge in [-0.2, -0.15) is 0 Å². The Morgan fingerprint density at radius 2 is 1.71 bits per heavy atom. The predicted molar refractivity (Wildman–Crippen MR) is 152 cm³/mol. The molecular formula is C30H29Cl2N3O3. The Morgan fingerprint density at radius 1 is 1.00 bits per heavy atom. The summed E-state index contributed by atoms with van der Waals surface area (Å²) >= 11 is 12.7. The fraction of sp³-hybridized carbons (Fsp3) is 0.267. The molecule has 1 aliphatic rings. The van der Waals surface area contributed by atoms with Gasteiger partial charge in [-0.1, -0.05) is 41.4 Å². The topological polar surface area (TPSA) is 67.6 Å². The van der Waals surface area contributed by atoms with Crippen molar-refractivity contribution in [3.8, 4) is 17.1 Å². The molecule has 0 spiro atoms. The number of fused-ring (bicyclic) bond motifs is 1. The van der Waals surface area contributed by atoms with Crippen molar-refractivity contribution in [2.45, 2.75) is 46.4 Å². The number of benzene rings is 3. The third-order valence-electron chi connectivity index (χ3n) is 7.05. The van der Waals surface area contributed by atoms with E-state index in [1.54, 1.807) is 18.1 Å². The van der Waals surface area contributed by atoms with E-state index in [0.717, 1.165) is 39.2 Å².